The van der Waals surface area contributed by atoms with E-state index in [1.54, 1.807) is 18.3 Å². The van der Waals surface area contributed by atoms with Crippen molar-refractivity contribution < 1.29 is 0 Å². The summed E-state index contributed by atoms with van der Waals surface area (Å²) in [5, 5.41) is 0.643. The van der Waals surface area contributed by atoms with E-state index in [1.807, 2.05) is 18.2 Å². The molecule has 0 saturated carbocycles. The zero-order chi connectivity index (χ0) is 14.3. The van der Waals surface area contributed by atoms with Crippen LogP contribution in [0.5, 0.6) is 0 Å². The highest BCUT2D eigenvalue weighted by Crippen LogP contribution is 2.32. The summed E-state index contributed by atoms with van der Waals surface area (Å²) >= 11 is 6.09. The van der Waals surface area contributed by atoms with Gasteiger partial charge in [-0.15, -0.1) is 0 Å². The minimum atomic E-state index is 0.225. The third-order valence-corrected chi connectivity index (χ3v) is 3.46. The average molecular weight is 287 g/mol. The van der Waals surface area contributed by atoms with Gasteiger partial charge in [0, 0.05) is 28.5 Å². The first-order valence-corrected chi connectivity index (χ1v) is 6.84. The minimum Gasteiger partial charge on any atom is -0.398 e. The Morgan fingerprint density at radius 1 is 1.25 bits per heavy atom. The summed E-state index contributed by atoms with van der Waals surface area (Å²) in [6.07, 6.45) is 1.77. The molecular weight excluding hydrogens is 272 g/mol. The van der Waals surface area contributed by atoms with Crippen LogP contribution >= 0.6 is 11.6 Å². The van der Waals surface area contributed by atoms with Gasteiger partial charge in [0.25, 0.3) is 0 Å². The Morgan fingerprint density at radius 2 is 2.05 bits per heavy atom. The lowest BCUT2D eigenvalue weighted by Crippen LogP contribution is -2.05. The topological polar surface area (TPSA) is 56.7 Å². The number of benzene rings is 1. The molecule has 0 aliphatic rings. The normalized spacial score (nSPS) is 11.4. The summed E-state index contributed by atoms with van der Waals surface area (Å²) in [6, 6.07) is 9.48. The van der Waals surface area contributed by atoms with Crippen molar-refractivity contribution in [3.8, 4) is 11.4 Å². The number of fused-ring (bicyclic) bond motifs is 1. The van der Waals surface area contributed by atoms with Gasteiger partial charge in [-0.05, 0) is 44.2 Å². The Balaban J connectivity index is 2.35. The molecule has 3 rings (SSSR count). The van der Waals surface area contributed by atoms with Crippen LogP contribution in [0.4, 0.5) is 5.69 Å². The molecule has 102 valence electrons. The molecule has 0 atom stereocenters. The fourth-order valence-corrected chi connectivity index (χ4v) is 2.50. The zero-order valence-electron chi connectivity index (χ0n) is 11.3. The number of nitrogen functional groups attached to an aromatic ring is 1. The van der Waals surface area contributed by atoms with Gasteiger partial charge in [0.1, 0.15) is 11.3 Å². The van der Waals surface area contributed by atoms with Crippen molar-refractivity contribution in [2.45, 2.75) is 19.9 Å². The number of imidazole rings is 1. The third-order valence-electron chi connectivity index (χ3n) is 3.22. The Hall–Kier alpha value is -2.07. The monoisotopic (exact) mass is 286 g/mol. The Kier molecular flexibility index (Phi) is 3.10. The second kappa shape index (κ2) is 4.80. The van der Waals surface area contributed by atoms with E-state index in [1.165, 1.54) is 0 Å². The summed E-state index contributed by atoms with van der Waals surface area (Å²) in [5.41, 5.74) is 9.29. The van der Waals surface area contributed by atoms with Gasteiger partial charge in [0.15, 0.2) is 5.65 Å². The van der Waals surface area contributed by atoms with Gasteiger partial charge in [-0.25, -0.2) is 9.97 Å². The van der Waals surface area contributed by atoms with Gasteiger partial charge in [-0.1, -0.05) is 11.6 Å². The molecule has 2 heterocycles. The molecule has 2 N–H and O–H groups in total. The highest BCUT2D eigenvalue weighted by atomic mass is 35.5. The van der Waals surface area contributed by atoms with E-state index >= 15 is 0 Å². The minimum absolute atomic E-state index is 0.225. The SMILES string of the molecule is CC(C)n1c(-c2cc(Cl)ccc2N)nc2cccnc21. The van der Waals surface area contributed by atoms with Crippen LogP contribution in [0.2, 0.25) is 5.02 Å². The summed E-state index contributed by atoms with van der Waals surface area (Å²) in [5.74, 6) is 0.800. The molecule has 2 aromatic heterocycles. The van der Waals surface area contributed by atoms with Crippen molar-refractivity contribution in [2.24, 2.45) is 0 Å². The van der Waals surface area contributed by atoms with Crippen molar-refractivity contribution in [1.29, 1.82) is 0 Å². The van der Waals surface area contributed by atoms with Crippen molar-refractivity contribution in [2.75, 3.05) is 5.73 Å². The lowest BCUT2D eigenvalue weighted by Gasteiger charge is -2.13. The molecule has 0 aliphatic carbocycles. The van der Waals surface area contributed by atoms with Crippen molar-refractivity contribution >= 4 is 28.5 Å². The van der Waals surface area contributed by atoms with Gasteiger partial charge >= 0.3 is 0 Å². The summed E-state index contributed by atoms with van der Waals surface area (Å²) in [6.45, 7) is 4.19. The maximum absolute atomic E-state index is 6.09. The van der Waals surface area contributed by atoms with Crippen LogP contribution in [-0.4, -0.2) is 14.5 Å². The number of hydrogen-bond acceptors (Lipinski definition) is 3. The number of halogens is 1. The maximum Gasteiger partial charge on any atom is 0.160 e. The first-order chi connectivity index (χ1) is 9.58. The molecule has 4 nitrogen and oxygen atoms in total. The van der Waals surface area contributed by atoms with Gasteiger partial charge < -0.3 is 10.3 Å². The molecule has 3 aromatic rings. The van der Waals surface area contributed by atoms with Crippen molar-refractivity contribution in [1.82, 2.24) is 14.5 Å². The number of pyridine rings is 1. The number of nitrogens with zero attached hydrogens (tertiary/aromatic N) is 3. The molecule has 0 saturated heterocycles. The van der Waals surface area contributed by atoms with E-state index in [-0.39, 0.29) is 6.04 Å². The third kappa shape index (κ3) is 2.02. The largest absolute Gasteiger partial charge is 0.398 e. The number of hydrogen-bond donors (Lipinski definition) is 1. The van der Waals surface area contributed by atoms with Crippen molar-refractivity contribution in [3.05, 3.63) is 41.6 Å². The Morgan fingerprint density at radius 3 is 2.80 bits per heavy atom. The molecule has 20 heavy (non-hydrogen) atoms. The van der Waals surface area contributed by atoms with Crippen LogP contribution in [0, 0.1) is 0 Å². The molecule has 0 fully saturated rings. The fraction of sp³-hybridized carbons (Fsp3) is 0.200. The second-order valence-electron chi connectivity index (χ2n) is 4.98. The van der Waals surface area contributed by atoms with Crippen LogP contribution in [-0.2, 0) is 0 Å². The predicted octanol–water partition coefficient (Wildman–Crippen LogP) is 3.91. The predicted molar refractivity (Wildman–Crippen MR) is 82.8 cm³/mol. The van der Waals surface area contributed by atoms with E-state index in [0.29, 0.717) is 10.7 Å². The lowest BCUT2D eigenvalue weighted by molar-refractivity contribution is 0.620. The molecule has 0 radical (unpaired) electrons. The molecule has 5 heteroatoms. The lowest BCUT2D eigenvalue weighted by atomic mass is 10.1. The van der Waals surface area contributed by atoms with E-state index in [9.17, 15) is 0 Å². The molecule has 1 aromatic carbocycles. The highest BCUT2D eigenvalue weighted by Gasteiger charge is 2.17. The molecule has 0 spiro atoms. The van der Waals surface area contributed by atoms with E-state index in [4.69, 9.17) is 17.3 Å². The average Bonchev–Trinajstić information content (AvgIpc) is 2.80. The first-order valence-electron chi connectivity index (χ1n) is 6.46. The fourth-order valence-electron chi connectivity index (χ4n) is 2.33. The van der Waals surface area contributed by atoms with Crippen LogP contribution in [0.1, 0.15) is 19.9 Å². The molecule has 0 amide bonds. The van der Waals surface area contributed by atoms with Crippen molar-refractivity contribution in [3.63, 3.8) is 0 Å². The number of nitrogens with two attached hydrogens (primary N) is 1. The number of aromatic nitrogens is 3. The summed E-state index contributed by atoms with van der Waals surface area (Å²) in [4.78, 5) is 9.10. The van der Waals surface area contributed by atoms with E-state index in [2.05, 4.69) is 28.4 Å². The van der Waals surface area contributed by atoms with Gasteiger partial charge in [0.2, 0.25) is 0 Å². The van der Waals surface area contributed by atoms with Crippen LogP contribution in [0.25, 0.3) is 22.6 Å². The molecule has 0 aliphatic heterocycles. The standard InChI is InChI=1S/C15H15ClN4/c1-9(2)20-14(11-8-10(16)5-6-12(11)17)19-13-4-3-7-18-15(13)20/h3-9H,17H2,1-2H3. The van der Waals surface area contributed by atoms with Crippen LogP contribution in [0.3, 0.4) is 0 Å². The quantitative estimate of drug-likeness (QED) is 0.727. The smallest absolute Gasteiger partial charge is 0.160 e. The molecule has 0 unspecified atom stereocenters. The number of rotatable bonds is 2. The Labute approximate surface area is 122 Å². The highest BCUT2D eigenvalue weighted by molar-refractivity contribution is 6.31. The van der Waals surface area contributed by atoms with Crippen LogP contribution in [0.15, 0.2) is 36.5 Å². The Bertz CT molecular complexity index is 777. The van der Waals surface area contributed by atoms with Gasteiger partial charge in [-0.2, -0.15) is 0 Å². The maximum atomic E-state index is 6.09. The van der Waals surface area contributed by atoms with E-state index in [0.717, 1.165) is 22.6 Å². The number of anilines is 1. The summed E-state index contributed by atoms with van der Waals surface area (Å²) < 4.78 is 2.08. The van der Waals surface area contributed by atoms with Gasteiger partial charge in [0.05, 0.1) is 0 Å². The van der Waals surface area contributed by atoms with Crippen LogP contribution < -0.4 is 5.73 Å². The first kappa shape index (κ1) is 12.9. The molecule has 0 bridgehead atoms. The van der Waals surface area contributed by atoms with Gasteiger partial charge in [-0.3, -0.25) is 0 Å². The molecular formula is C15H15ClN4. The summed E-state index contributed by atoms with van der Waals surface area (Å²) in [7, 11) is 0. The van der Waals surface area contributed by atoms with E-state index < -0.39 is 0 Å². The second-order valence-corrected chi connectivity index (χ2v) is 5.41. The zero-order valence-corrected chi connectivity index (χ0v) is 12.1.